The Morgan fingerprint density at radius 3 is 2.50 bits per heavy atom. The van der Waals surface area contributed by atoms with E-state index in [0.717, 1.165) is 56.9 Å². The Morgan fingerprint density at radius 1 is 1.25 bits per heavy atom. The summed E-state index contributed by atoms with van der Waals surface area (Å²) in [5.74, 6) is 0.902. The lowest BCUT2D eigenvalue weighted by Gasteiger charge is -2.32. The van der Waals surface area contributed by atoms with E-state index < -0.39 is 0 Å². The third kappa shape index (κ3) is 4.06. The molecule has 0 N–H and O–H groups in total. The largest absolute Gasteiger partial charge is 0.343 e. The number of amides is 1. The second kappa shape index (κ2) is 7.78. The van der Waals surface area contributed by atoms with E-state index in [9.17, 15) is 4.79 Å². The van der Waals surface area contributed by atoms with Crippen LogP contribution >= 0.6 is 12.2 Å². The SMILES string of the molecule is CC(C)n1cnn(CN2CCC(CC(=O)N3CCCC3)CC2)c1=S. The smallest absolute Gasteiger partial charge is 0.222 e. The maximum Gasteiger partial charge on any atom is 0.222 e. The van der Waals surface area contributed by atoms with Gasteiger partial charge < -0.3 is 9.47 Å². The van der Waals surface area contributed by atoms with Crippen molar-refractivity contribution in [2.24, 2.45) is 5.92 Å². The van der Waals surface area contributed by atoms with E-state index in [1.54, 1.807) is 0 Å². The van der Waals surface area contributed by atoms with Gasteiger partial charge in [-0.3, -0.25) is 9.69 Å². The lowest BCUT2D eigenvalue weighted by molar-refractivity contribution is -0.131. The van der Waals surface area contributed by atoms with Crippen molar-refractivity contribution in [3.63, 3.8) is 0 Å². The van der Waals surface area contributed by atoms with Crippen LogP contribution < -0.4 is 0 Å². The fourth-order valence-corrected chi connectivity index (χ4v) is 4.03. The lowest BCUT2D eigenvalue weighted by Crippen LogP contribution is -2.37. The van der Waals surface area contributed by atoms with Crippen molar-refractivity contribution in [2.75, 3.05) is 26.2 Å². The summed E-state index contributed by atoms with van der Waals surface area (Å²) < 4.78 is 4.72. The van der Waals surface area contributed by atoms with Gasteiger partial charge in [0.1, 0.15) is 6.33 Å². The summed E-state index contributed by atoms with van der Waals surface area (Å²) in [6.45, 7) is 8.96. The van der Waals surface area contributed by atoms with Gasteiger partial charge in [-0.2, -0.15) is 5.10 Å². The van der Waals surface area contributed by atoms with Gasteiger partial charge in [-0.25, -0.2) is 4.68 Å². The van der Waals surface area contributed by atoms with Crippen LogP contribution in [-0.2, 0) is 11.5 Å². The number of hydrogen-bond acceptors (Lipinski definition) is 4. The van der Waals surface area contributed by atoms with Crippen molar-refractivity contribution in [1.29, 1.82) is 0 Å². The molecule has 0 radical (unpaired) electrons. The first-order valence-electron chi connectivity index (χ1n) is 9.18. The molecule has 0 bridgehead atoms. The molecule has 134 valence electrons. The van der Waals surface area contributed by atoms with Crippen molar-refractivity contribution in [1.82, 2.24) is 24.1 Å². The van der Waals surface area contributed by atoms with Crippen LogP contribution in [0, 0.1) is 10.7 Å². The van der Waals surface area contributed by atoms with Gasteiger partial charge in [0.15, 0.2) is 4.77 Å². The van der Waals surface area contributed by atoms with E-state index in [1.807, 2.05) is 20.5 Å². The van der Waals surface area contributed by atoms with Crippen molar-refractivity contribution in [3.8, 4) is 0 Å². The van der Waals surface area contributed by atoms with Crippen molar-refractivity contribution >= 4 is 18.1 Å². The van der Waals surface area contributed by atoms with Gasteiger partial charge in [0.25, 0.3) is 0 Å². The minimum atomic E-state index is 0.341. The van der Waals surface area contributed by atoms with Crippen LogP contribution in [0.15, 0.2) is 6.33 Å². The average Bonchev–Trinajstić information content (AvgIpc) is 3.20. The Kier molecular flexibility index (Phi) is 5.71. The minimum Gasteiger partial charge on any atom is -0.343 e. The quantitative estimate of drug-likeness (QED) is 0.765. The predicted octanol–water partition coefficient (Wildman–Crippen LogP) is 2.68. The second-order valence-electron chi connectivity index (χ2n) is 7.41. The molecule has 1 aromatic rings. The number of piperidine rings is 1. The van der Waals surface area contributed by atoms with Crippen molar-refractivity contribution in [3.05, 3.63) is 11.1 Å². The minimum absolute atomic E-state index is 0.341. The van der Waals surface area contributed by atoms with Gasteiger partial charge in [-0.1, -0.05) is 0 Å². The summed E-state index contributed by atoms with van der Waals surface area (Å²) in [6.07, 6.45) is 7.10. The molecule has 1 amide bonds. The first-order chi connectivity index (χ1) is 11.5. The van der Waals surface area contributed by atoms with Crippen LogP contribution in [0.3, 0.4) is 0 Å². The fourth-order valence-electron chi connectivity index (χ4n) is 3.67. The van der Waals surface area contributed by atoms with E-state index >= 15 is 0 Å². The van der Waals surface area contributed by atoms with Crippen LogP contribution in [0.1, 0.15) is 52.0 Å². The average molecular weight is 352 g/mol. The summed E-state index contributed by atoms with van der Waals surface area (Å²) in [5, 5.41) is 4.42. The maximum atomic E-state index is 12.3. The maximum absolute atomic E-state index is 12.3. The number of rotatable bonds is 5. The molecule has 2 aliphatic heterocycles. The number of nitrogens with zero attached hydrogens (tertiary/aromatic N) is 5. The van der Waals surface area contributed by atoms with Crippen LogP contribution in [0.5, 0.6) is 0 Å². The first-order valence-corrected chi connectivity index (χ1v) is 9.59. The van der Waals surface area contributed by atoms with E-state index in [-0.39, 0.29) is 0 Å². The highest BCUT2D eigenvalue weighted by Gasteiger charge is 2.25. The number of carbonyl (C=O) groups excluding carboxylic acids is 1. The Hall–Kier alpha value is -1.21. The number of hydrogen-bond donors (Lipinski definition) is 0. The molecule has 0 aliphatic carbocycles. The first kappa shape index (κ1) is 17.6. The summed E-state index contributed by atoms with van der Waals surface area (Å²) >= 11 is 5.50. The third-order valence-electron chi connectivity index (χ3n) is 5.28. The van der Waals surface area contributed by atoms with Crippen molar-refractivity contribution < 1.29 is 4.79 Å². The highest BCUT2D eigenvalue weighted by Crippen LogP contribution is 2.23. The zero-order valence-corrected chi connectivity index (χ0v) is 15.7. The summed E-state index contributed by atoms with van der Waals surface area (Å²) in [7, 11) is 0. The van der Waals surface area contributed by atoms with Gasteiger partial charge in [-0.15, -0.1) is 0 Å². The molecular formula is C17H29N5OS. The van der Waals surface area contributed by atoms with E-state index in [0.29, 0.717) is 17.9 Å². The summed E-state index contributed by atoms with van der Waals surface area (Å²) in [4.78, 5) is 16.7. The molecule has 7 heteroatoms. The van der Waals surface area contributed by atoms with Gasteiger partial charge in [0.2, 0.25) is 5.91 Å². The number of carbonyl (C=O) groups is 1. The standard InChI is InChI=1S/C17H29N5OS/c1-14(2)21-12-18-22(17(21)24)13-19-9-5-15(6-10-19)11-16(23)20-7-3-4-8-20/h12,14-15H,3-11,13H2,1-2H3. The van der Waals surface area contributed by atoms with Crippen LogP contribution in [0.4, 0.5) is 0 Å². The molecule has 2 saturated heterocycles. The molecule has 0 atom stereocenters. The Bertz CT molecular complexity index is 609. The second-order valence-corrected chi connectivity index (χ2v) is 7.77. The van der Waals surface area contributed by atoms with Gasteiger partial charge in [0, 0.05) is 38.6 Å². The predicted molar refractivity (Wildman–Crippen MR) is 96.2 cm³/mol. The normalized spacial score (nSPS) is 20.2. The van der Waals surface area contributed by atoms with Crippen molar-refractivity contribution in [2.45, 2.75) is 58.7 Å². The van der Waals surface area contributed by atoms with Gasteiger partial charge in [-0.05, 0) is 57.7 Å². The molecule has 6 nitrogen and oxygen atoms in total. The number of likely N-dealkylation sites (tertiary alicyclic amines) is 2. The van der Waals surface area contributed by atoms with E-state index in [1.165, 1.54) is 12.8 Å². The highest BCUT2D eigenvalue weighted by atomic mass is 32.1. The highest BCUT2D eigenvalue weighted by molar-refractivity contribution is 7.71. The molecule has 0 unspecified atom stereocenters. The van der Waals surface area contributed by atoms with Crippen LogP contribution in [0.2, 0.25) is 0 Å². The molecule has 2 fully saturated rings. The zero-order chi connectivity index (χ0) is 17.1. The molecular weight excluding hydrogens is 322 g/mol. The zero-order valence-electron chi connectivity index (χ0n) is 14.9. The molecule has 3 rings (SSSR count). The Balaban J connectivity index is 1.47. The lowest BCUT2D eigenvalue weighted by atomic mass is 9.93. The molecule has 0 saturated carbocycles. The fraction of sp³-hybridized carbons (Fsp3) is 0.824. The number of aromatic nitrogens is 3. The molecule has 0 spiro atoms. The molecule has 0 aromatic carbocycles. The van der Waals surface area contributed by atoms with Gasteiger partial charge >= 0.3 is 0 Å². The molecule has 3 heterocycles. The summed E-state index contributed by atoms with van der Waals surface area (Å²) in [6, 6.07) is 0.341. The van der Waals surface area contributed by atoms with Crippen LogP contribution in [0.25, 0.3) is 0 Å². The molecule has 2 aliphatic rings. The van der Waals surface area contributed by atoms with E-state index in [2.05, 4.69) is 23.8 Å². The summed E-state index contributed by atoms with van der Waals surface area (Å²) in [5.41, 5.74) is 0. The Labute approximate surface area is 149 Å². The van der Waals surface area contributed by atoms with E-state index in [4.69, 9.17) is 12.2 Å². The third-order valence-corrected chi connectivity index (χ3v) is 5.70. The monoisotopic (exact) mass is 351 g/mol. The molecule has 24 heavy (non-hydrogen) atoms. The Morgan fingerprint density at radius 2 is 1.92 bits per heavy atom. The van der Waals surface area contributed by atoms with Gasteiger partial charge in [0.05, 0.1) is 6.67 Å². The molecule has 1 aromatic heterocycles. The van der Waals surface area contributed by atoms with Crippen LogP contribution in [-0.4, -0.2) is 56.2 Å². The topological polar surface area (TPSA) is 46.3 Å².